The molecule has 0 bridgehead atoms. The highest BCUT2D eigenvalue weighted by molar-refractivity contribution is 5.05. The second kappa shape index (κ2) is 1.78. The highest BCUT2D eigenvalue weighted by Gasteiger charge is 1.97. The first-order chi connectivity index (χ1) is 3.79. The molecule has 1 rings (SSSR count). The normalized spacial score (nSPS) is 18.5. The van der Waals surface area contributed by atoms with E-state index in [0.717, 1.165) is 6.42 Å². The Morgan fingerprint density at radius 3 is 2.00 bits per heavy atom. The van der Waals surface area contributed by atoms with Gasteiger partial charge in [0.25, 0.3) is 0 Å². The maximum atomic E-state index is 5.24. The van der Waals surface area contributed by atoms with Gasteiger partial charge in [-0.05, 0) is 18.6 Å². The van der Waals surface area contributed by atoms with Crippen LogP contribution in [0.4, 0.5) is 0 Å². The minimum Gasteiger partial charge on any atom is -0.427 e. The first-order valence-corrected chi connectivity index (χ1v) is 2.38. The van der Waals surface area contributed by atoms with Crippen molar-refractivity contribution in [2.45, 2.75) is 6.42 Å². The van der Waals surface area contributed by atoms with Crippen LogP contribution in [-0.2, 0) is 4.74 Å². The molecule has 4 N–H and O–H groups in total. The zero-order valence-electron chi connectivity index (χ0n) is 4.42. The van der Waals surface area contributed by atoms with Gasteiger partial charge in [0.15, 0.2) is 11.8 Å². The Morgan fingerprint density at radius 1 is 1.25 bits per heavy atom. The van der Waals surface area contributed by atoms with Gasteiger partial charge in [0.1, 0.15) is 0 Å². The lowest BCUT2D eigenvalue weighted by molar-refractivity contribution is 0.287. The summed E-state index contributed by atoms with van der Waals surface area (Å²) in [6, 6.07) is 0. The molecule has 0 radical (unpaired) electrons. The van der Waals surface area contributed by atoms with Crippen molar-refractivity contribution in [1.29, 1.82) is 0 Å². The van der Waals surface area contributed by atoms with Crippen molar-refractivity contribution in [3.05, 3.63) is 23.9 Å². The fraction of sp³-hybridized carbons (Fsp3) is 0.200. The van der Waals surface area contributed by atoms with Crippen LogP contribution in [0.25, 0.3) is 0 Å². The van der Waals surface area contributed by atoms with Gasteiger partial charge in [0.2, 0.25) is 0 Å². The third kappa shape index (κ3) is 0.932. The number of allylic oxidation sites excluding steroid dienone is 2. The van der Waals surface area contributed by atoms with E-state index in [1.165, 1.54) is 0 Å². The van der Waals surface area contributed by atoms with E-state index in [2.05, 4.69) is 0 Å². The molecule has 0 atom stereocenters. The largest absolute Gasteiger partial charge is 0.427 e. The molecular formula is C5H8N2O. The van der Waals surface area contributed by atoms with Crippen molar-refractivity contribution >= 4 is 0 Å². The number of hydrogen-bond donors (Lipinski definition) is 2. The molecule has 0 unspecified atom stereocenters. The molecule has 0 aromatic heterocycles. The molecule has 0 aromatic carbocycles. The molecule has 44 valence electrons. The first kappa shape index (κ1) is 5.03. The van der Waals surface area contributed by atoms with Gasteiger partial charge in [-0.15, -0.1) is 0 Å². The van der Waals surface area contributed by atoms with Crippen molar-refractivity contribution < 1.29 is 4.74 Å². The molecule has 0 aliphatic carbocycles. The number of hydrogen-bond acceptors (Lipinski definition) is 3. The molecule has 1 heterocycles. The Balaban J connectivity index is 2.57. The molecular weight excluding hydrogens is 104 g/mol. The van der Waals surface area contributed by atoms with E-state index in [-0.39, 0.29) is 0 Å². The minimum absolute atomic E-state index is 0.394. The van der Waals surface area contributed by atoms with Gasteiger partial charge in [0.05, 0.1) is 0 Å². The standard InChI is InChI=1S/C5H8N2O/c6-4-2-1-3-5(7)8-4/h2-3H,1,6-7H2. The van der Waals surface area contributed by atoms with Crippen LogP contribution in [0, 0.1) is 0 Å². The Kier molecular flexibility index (Phi) is 1.12. The second-order valence-electron chi connectivity index (χ2n) is 1.55. The van der Waals surface area contributed by atoms with Crippen molar-refractivity contribution in [2.75, 3.05) is 0 Å². The Morgan fingerprint density at radius 2 is 1.75 bits per heavy atom. The van der Waals surface area contributed by atoms with E-state index < -0.39 is 0 Å². The number of nitrogens with two attached hydrogens (primary N) is 2. The maximum Gasteiger partial charge on any atom is 0.189 e. The summed E-state index contributed by atoms with van der Waals surface area (Å²) in [7, 11) is 0. The van der Waals surface area contributed by atoms with Crippen LogP contribution in [-0.4, -0.2) is 0 Å². The van der Waals surface area contributed by atoms with Crippen LogP contribution in [0.5, 0.6) is 0 Å². The highest BCUT2D eigenvalue weighted by Crippen LogP contribution is 2.04. The topological polar surface area (TPSA) is 61.3 Å². The zero-order chi connectivity index (χ0) is 5.98. The summed E-state index contributed by atoms with van der Waals surface area (Å²) in [5.41, 5.74) is 10.5. The van der Waals surface area contributed by atoms with Gasteiger partial charge in [-0.2, -0.15) is 0 Å². The average Bonchev–Trinajstić information content (AvgIpc) is 1.64. The average molecular weight is 112 g/mol. The van der Waals surface area contributed by atoms with Gasteiger partial charge >= 0.3 is 0 Å². The fourth-order valence-corrected chi connectivity index (χ4v) is 0.511. The lowest BCUT2D eigenvalue weighted by atomic mass is 10.3. The molecule has 0 spiro atoms. The van der Waals surface area contributed by atoms with E-state index >= 15 is 0 Å². The summed E-state index contributed by atoms with van der Waals surface area (Å²) < 4.78 is 4.76. The smallest absolute Gasteiger partial charge is 0.189 e. The Bertz CT molecular complexity index is 133. The summed E-state index contributed by atoms with van der Waals surface area (Å²) in [5, 5.41) is 0. The zero-order valence-corrected chi connectivity index (χ0v) is 4.42. The van der Waals surface area contributed by atoms with Gasteiger partial charge in [-0.25, -0.2) is 0 Å². The lowest BCUT2D eigenvalue weighted by Crippen LogP contribution is -2.11. The minimum atomic E-state index is 0.394. The van der Waals surface area contributed by atoms with Crippen LogP contribution in [0.1, 0.15) is 6.42 Å². The monoisotopic (exact) mass is 112 g/mol. The van der Waals surface area contributed by atoms with E-state index in [0.29, 0.717) is 11.8 Å². The van der Waals surface area contributed by atoms with Gasteiger partial charge in [-0.1, -0.05) is 0 Å². The number of ether oxygens (including phenoxy) is 1. The summed E-state index contributed by atoms with van der Waals surface area (Å²) >= 11 is 0. The molecule has 0 saturated heterocycles. The van der Waals surface area contributed by atoms with Crippen molar-refractivity contribution in [3.8, 4) is 0 Å². The van der Waals surface area contributed by atoms with Gasteiger partial charge < -0.3 is 16.2 Å². The molecule has 1 aliphatic heterocycles. The predicted molar refractivity (Wildman–Crippen MR) is 30.2 cm³/mol. The molecule has 1 aliphatic rings. The van der Waals surface area contributed by atoms with Crippen LogP contribution in [0.3, 0.4) is 0 Å². The van der Waals surface area contributed by atoms with Crippen LogP contribution >= 0.6 is 0 Å². The molecule has 0 saturated carbocycles. The Hall–Kier alpha value is -1.12. The van der Waals surface area contributed by atoms with Gasteiger partial charge in [-0.3, -0.25) is 0 Å². The van der Waals surface area contributed by atoms with E-state index in [4.69, 9.17) is 16.2 Å². The summed E-state index contributed by atoms with van der Waals surface area (Å²) in [6.45, 7) is 0. The van der Waals surface area contributed by atoms with Crippen molar-refractivity contribution in [2.24, 2.45) is 11.5 Å². The second-order valence-corrected chi connectivity index (χ2v) is 1.55. The SMILES string of the molecule is NC1=CCC=C(N)O1. The number of rotatable bonds is 0. The van der Waals surface area contributed by atoms with E-state index in [1.54, 1.807) is 12.2 Å². The van der Waals surface area contributed by atoms with Crippen LogP contribution < -0.4 is 11.5 Å². The summed E-state index contributed by atoms with van der Waals surface area (Å²) in [6.07, 6.45) is 4.30. The van der Waals surface area contributed by atoms with E-state index in [1.807, 2.05) is 0 Å². The predicted octanol–water partition coefficient (Wildman–Crippen LogP) is 0.00690. The third-order valence-corrected chi connectivity index (χ3v) is 0.874. The van der Waals surface area contributed by atoms with Crippen LogP contribution in [0.15, 0.2) is 23.9 Å². The molecule has 8 heavy (non-hydrogen) atoms. The quantitative estimate of drug-likeness (QED) is 0.464. The maximum absolute atomic E-state index is 5.24. The molecule has 0 amide bonds. The molecule has 3 heteroatoms. The molecule has 0 fully saturated rings. The highest BCUT2D eigenvalue weighted by atomic mass is 16.5. The van der Waals surface area contributed by atoms with E-state index in [9.17, 15) is 0 Å². The van der Waals surface area contributed by atoms with Crippen LogP contribution in [0.2, 0.25) is 0 Å². The van der Waals surface area contributed by atoms with Crippen molar-refractivity contribution in [3.63, 3.8) is 0 Å². The summed E-state index contributed by atoms with van der Waals surface area (Å²) in [5.74, 6) is 0.787. The Labute approximate surface area is 47.6 Å². The first-order valence-electron chi connectivity index (χ1n) is 2.38. The third-order valence-electron chi connectivity index (χ3n) is 0.874. The van der Waals surface area contributed by atoms with Gasteiger partial charge in [0, 0.05) is 0 Å². The lowest BCUT2D eigenvalue weighted by Gasteiger charge is -2.07. The summed E-state index contributed by atoms with van der Waals surface area (Å²) in [4.78, 5) is 0. The fourth-order valence-electron chi connectivity index (χ4n) is 0.511. The van der Waals surface area contributed by atoms with Crippen molar-refractivity contribution in [1.82, 2.24) is 0 Å². The molecule has 0 aromatic rings. The molecule has 3 nitrogen and oxygen atoms in total.